The maximum absolute atomic E-state index is 13.0. The first-order chi connectivity index (χ1) is 15.5. The zero-order chi connectivity index (χ0) is 22.9. The van der Waals surface area contributed by atoms with Gasteiger partial charge in [-0.05, 0) is 42.3 Å². The van der Waals surface area contributed by atoms with Gasteiger partial charge in [0.2, 0.25) is 11.8 Å². The van der Waals surface area contributed by atoms with Gasteiger partial charge in [-0.25, -0.2) is 4.39 Å². The lowest BCUT2D eigenvalue weighted by Crippen LogP contribution is -2.18. The van der Waals surface area contributed by atoms with E-state index < -0.39 is 0 Å². The first kappa shape index (κ1) is 23.2. The molecule has 9 heteroatoms. The number of aryl methyl sites for hydroxylation is 1. The van der Waals surface area contributed by atoms with E-state index in [4.69, 9.17) is 0 Å². The van der Waals surface area contributed by atoms with E-state index in [0.29, 0.717) is 23.2 Å². The molecule has 166 valence electrons. The molecule has 2 aromatic carbocycles. The van der Waals surface area contributed by atoms with Crippen LogP contribution < -0.4 is 10.6 Å². The zero-order valence-electron chi connectivity index (χ0n) is 17.7. The molecule has 1 heterocycles. The molecule has 0 fully saturated rings. The van der Waals surface area contributed by atoms with Crippen molar-refractivity contribution in [3.8, 4) is 0 Å². The summed E-state index contributed by atoms with van der Waals surface area (Å²) in [5.41, 5.74) is 2.35. The topological polar surface area (TPSA) is 88.9 Å². The largest absolute Gasteiger partial charge is 0.326 e. The van der Waals surface area contributed by atoms with E-state index in [1.54, 1.807) is 10.6 Å². The number of para-hydroxylation sites is 1. The van der Waals surface area contributed by atoms with Crippen molar-refractivity contribution in [3.63, 3.8) is 0 Å². The van der Waals surface area contributed by atoms with Crippen molar-refractivity contribution < 1.29 is 14.0 Å². The highest BCUT2D eigenvalue weighted by atomic mass is 32.2. The minimum Gasteiger partial charge on any atom is -0.326 e. The van der Waals surface area contributed by atoms with Crippen molar-refractivity contribution in [2.24, 2.45) is 0 Å². The number of allylic oxidation sites excluding steroid dienone is 1. The van der Waals surface area contributed by atoms with Crippen LogP contribution in [-0.4, -0.2) is 32.3 Å². The molecule has 1 aromatic heterocycles. The average molecular weight is 454 g/mol. The molecule has 2 N–H and O–H groups in total. The van der Waals surface area contributed by atoms with E-state index in [2.05, 4.69) is 27.4 Å². The number of halogens is 1. The van der Waals surface area contributed by atoms with Crippen molar-refractivity contribution in [1.29, 1.82) is 0 Å². The molecule has 0 aliphatic rings. The van der Waals surface area contributed by atoms with Gasteiger partial charge < -0.3 is 15.2 Å². The highest BCUT2D eigenvalue weighted by Crippen LogP contribution is 2.20. The van der Waals surface area contributed by atoms with Gasteiger partial charge >= 0.3 is 0 Å². The van der Waals surface area contributed by atoms with Crippen LogP contribution in [0.15, 0.2) is 66.3 Å². The average Bonchev–Trinajstić information content (AvgIpc) is 3.15. The van der Waals surface area contributed by atoms with Crippen LogP contribution >= 0.6 is 11.8 Å². The van der Waals surface area contributed by atoms with Crippen LogP contribution in [0, 0.1) is 5.82 Å². The van der Waals surface area contributed by atoms with E-state index in [0.717, 1.165) is 17.7 Å². The predicted octanol–water partition coefficient (Wildman–Crippen LogP) is 4.08. The molecule has 0 aliphatic carbocycles. The van der Waals surface area contributed by atoms with Crippen LogP contribution in [0.2, 0.25) is 0 Å². The number of hydrogen-bond donors (Lipinski definition) is 2. The van der Waals surface area contributed by atoms with Crippen LogP contribution in [0.4, 0.5) is 15.8 Å². The van der Waals surface area contributed by atoms with E-state index in [1.807, 2.05) is 31.2 Å². The predicted molar refractivity (Wildman–Crippen MR) is 124 cm³/mol. The van der Waals surface area contributed by atoms with Crippen molar-refractivity contribution in [3.05, 3.63) is 78.4 Å². The van der Waals surface area contributed by atoms with Gasteiger partial charge in [-0.3, -0.25) is 9.59 Å². The van der Waals surface area contributed by atoms with Gasteiger partial charge in [-0.15, -0.1) is 16.8 Å². The Kier molecular flexibility index (Phi) is 8.15. The first-order valence-corrected chi connectivity index (χ1v) is 11.1. The maximum Gasteiger partial charge on any atom is 0.234 e. The molecule has 0 saturated heterocycles. The Morgan fingerprint density at radius 1 is 1.09 bits per heavy atom. The molecule has 0 atom stereocenters. The van der Waals surface area contributed by atoms with Gasteiger partial charge in [0.1, 0.15) is 11.6 Å². The van der Waals surface area contributed by atoms with Gasteiger partial charge in [0.05, 0.1) is 12.2 Å². The Labute approximate surface area is 190 Å². The highest BCUT2D eigenvalue weighted by molar-refractivity contribution is 7.99. The van der Waals surface area contributed by atoms with Crippen molar-refractivity contribution >= 4 is 35.0 Å². The number of nitrogens with zero attached hydrogens (tertiary/aromatic N) is 3. The number of benzene rings is 2. The summed E-state index contributed by atoms with van der Waals surface area (Å²) in [6.45, 7) is 6.17. The minimum atomic E-state index is -0.377. The van der Waals surface area contributed by atoms with Gasteiger partial charge in [-0.2, -0.15) is 0 Å². The Morgan fingerprint density at radius 2 is 1.84 bits per heavy atom. The monoisotopic (exact) mass is 453 g/mol. The minimum absolute atomic E-state index is 0.0190. The van der Waals surface area contributed by atoms with Crippen LogP contribution in [-0.2, 0) is 29.0 Å². The number of anilines is 2. The molecule has 0 aliphatic heterocycles. The first-order valence-electron chi connectivity index (χ1n) is 10.1. The van der Waals surface area contributed by atoms with Gasteiger partial charge in [-0.1, -0.05) is 43.0 Å². The number of thioether (sulfide) groups is 1. The molecule has 0 unspecified atom stereocenters. The molecule has 3 rings (SSSR count). The Morgan fingerprint density at radius 3 is 2.56 bits per heavy atom. The second kappa shape index (κ2) is 11.2. The third kappa shape index (κ3) is 6.27. The number of hydrogen-bond acceptors (Lipinski definition) is 5. The summed E-state index contributed by atoms with van der Waals surface area (Å²) in [5.74, 6) is -0.240. The lowest BCUT2D eigenvalue weighted by molar-refractivity contribution is -0.116. The standard InChI is InChI=1S/C23H24FN5O2S/c1-3-13-29-20(14-21(30)25-18-11-9-17(24)10-12-18)27-28-23(29)32-15-22(31)26-19-8-6-5-7-16(19)4-2/h3,5-12H,1,4,13-15H2,2H3,(H,25,30)(H,26,31). The van der Waals surface area contributed by atoms with Crippen molar-refractivity contribution in [2.75, 3.05) is 16.4 Å². The SMILES string of the molecule is C=CCn1c(CC(=O)Nc2ccc(F)cc2)nnc1SCC(=O)Nc1ccccc1CC. The van der Waals surface area contributed by atoms with E-state index >= 15 is 0 Å². The van der Waals surface area contributed by atoms with E-state index in [1.165, 1.54) is 36.0 Å². The number of carbonyl (C=O) groups is 2. The lowest BCUT2D eigenvalue weighted by Gasteiger charge is -2.10. The molecular formula is C23H24FN5O2S. The smallest absolute Gasteiger partial charge is 0.234 e. The van der Waals surface area contributed by atoms with Crippen LogP contribution in [0.5, 0.6) is 0 Å². The number of nitrogens with one attached hydrogen (secondary N) is 2. The number of carbonyl (C=O) groups excluding carboxylic acids is 2. The van der Waals surface area contributed by atoms with Crippen molar-refractivity contribution in [2.45, 2.75) is 31.5 Å². The maximum atomic E-state index is 13.0. The normalized spacial score (nSPS) is 10.6. The Bertz CT molecular complexity index is 1100. The summed E-state index contributed by atoms with van der Waals surface area (Å²) in [6.07, 6.45) is 2.47. The molecule has 0 radical (unpaired) electrons. The van der Waals surface area contributed by atoms with Crippen LogP contribution in [0.25, 0.3) is 0 Å². The second-order valence-corrected chi connectivity index (χ2v) is 7.82. The molecule has 0 saturated carbocycles. The van der Waals surface area contributed by atoms with Crippen LogP contribution in [0.1, 0.15) is 18.3 Å². The van der Waals surface area contributed by atoms with Gasteiger partial charge in [0.15, 0.2) is 5.16 Å². The third-order valence-electron chi connectivity index (χ3n) is 4.56. The molecular weight excluding hydrogens is 429 g/mol. The molecule has 3 aromatic rings. The molecule has 2 amide bonds. The summed E-state index contributed by atoms with van der Waals surface area (Å²) >= 11 is 1.24. The van der Waals surface area contributed by atoms with Crippen LogP contribution in [0.3, 0.4) is 0 Å². The summed E-state index contributed by atoms with van der Waals surface area (Å²) in [7, 11) is 0. The zero-order valence-corrected chi connectivity index (χ0v) is 18.5. The fourth-order valence-electron chi connectivity index (χ4n) is 3.02. The van der Waals surface area contributed by atoms with Gasteiger partial charge in [0.25, 0.3) is 0 Å². The summed E-state index contributed by atoms with van der Waals surface area (Å²) in [6, 6.07) is 13.2. The van der Waals surface area contributed by atoms with E-state index in [9.17, 15) is 14.0 Å². The fourth-order valence-corrected chi connectivity index (χ4v) is 3.78. The Hall–Kier alpha value is -3.46. The number of aromatic nitrogens is 3. The quantitative estimate of drug-likeness (QED) is 0.357. The van der Waals surface area contributed by atoms with E-state index in [-0.39, 0.29) is 29.8 Å². The molecule has 0 spiro atoms. The number of rotatable bonds is 10. The molecule has 32 heavy (non-hydrogen) atoms. The van der Waals surface area contributed by atoms with Gasteiger partial charge in [0, 0.05) is 17.9 Å². The lowest BCUT2D eigenvalue weighted by atomic mass is 10.1. The summed E-state index contributed by atoms with van der Waals surface area (Å²) < 4.78 is 14.8. The van der Waals surface area contributed by atoms with Crippen molar-refractivity contribution in [1.82, 2.24) is 14.8 Å². The second-order valence-electron chi connectivity index (χ2n) is 6.88. The molecule has 7 nitrogen and oxygen atoms in total. The number of amides is 2. The fraction of sp³-hybridized carbons (Fsp3) is 0.217. The highest BCUT2D eigenvalue weighted by Gasteiger charge is 2.17. The Balaban J connectivity index is 1.62. The summed E-state index contributed by atoms with van der Waals surface area (Å²) in [5, 5.41) is 14.4. The molecule has 0 bridgehead atoms. The third-order valence-corrected chi connectivity index (χ3v) is 5.52. The summed E-state index contributed by atoms with van der Waals surface area (Å²) in [4.78, 5) is 24.8.